The molecule has 0 saturated carbocycles. The van der Waals surface area contributed by atoms with Crippen molar-refractivity contribution in [2.45, 2.75) is 52.7 Å². The number of carbonyl (C=O) groups excluding carboxylic acids is 1. The van der Waals surface area contributed by atoms with Crippen LogP contribution in [-0.2, 0) is 9.31 Å². The highest BCUT2D eigenvalue weighted by Gasteiger charge is 2.51. The molecule has 0 bridgehead atoms. The molecule has 1 aromatic rings. The average Bonchev–Trinajstić information content (AvgIpc) is 2.68. The van der Waals surface area contributed by atoms with Crippen LogP contribution < -0.4 is 5.46 Å². The second kappa shape index (κ2) is 6.25. The fourth-order valence-electron chi connectivity index (χ4n) is 2.54. The molecule has 1 heterocycles. The monoisotopic (exact) mass is 321 g/mol. The Bertz CT molecular complexity index is 584. The van der Waals surface area contributed by atoms with Gasteiger partial charge in [0.25, 0.3) is 5.91 Å². The smallest absolute Gasteiger partial charge is 0.399 e. The van der Waals surface area contributed by atoms with Crippen molar-refractivity contribution in [3.63, 3.8) is 0 Å². The fourth-order valence-corrected chi connectivity index (χ4v) is 2.54. The van der Waals surface area contributed by atoms with Crippen molar-refractivity contribution in [1.29, 1.82) is 0 Å². The van der Waals surface area contributed by atoms with Gasteiger partial charge in [-0.05, 0) is 65.2 Å². The first-order valence-corrected chi connectivity index (χ1v) is 8.06. The van der Waals surface area contributed by atoms with Gasteiger partial charge in [-0.25, -0.2) is 4.39 Å². The Morgan fingerprint density at radius 1 is 1.09 bits per heavy atom. The minimum Gasteiger partial charge on any atom is -0.399 e. The predicted octanol–water partition coefficient (Wildman–Crippen LogP) is 2.61. The standard InChI is InChI=1S/C17H25BFNO3/c1-7-20(8-2)15(21)12-9-13(11-14(19)10-12)18-22-16(3,4)17(5,6)23-18/h9-11H,7-8H2,1-6H3. The Labute approximate surface area is 138 Å². The van der Waals surface area contributed by atoms with Gasteiger partial charge < -0.3 is 14.2 Å². The summed E-state index contributed by atoms with van der Waals surface area (Å²) in [5.41, 5.74) is -0.169. The summed E-state index contributed by atoms with van der Waals surface area (Å²) in [5.74, 6) is -0.653. The van der Waals surface area contributed by atoms with Crippen molar-refractivity contribution in [1.82, 2.24) is 4.90 Å². The number of hydrogen-bond donors (Lipinski definition) is 0. The normalized spacial score (nSPS) is 19.0. The molecule has 0 N–H and O–H groups in total. The van der Waals surface area contributed by atoms with Gasteiger partial charge in [0.2, 0.25) is 0 Å². The number of nitrogens with zero attached hydrogens (tertiary/aromatic N) is 1. The second-order valence-corrected chi connectivity index (χ2v) is 6.84. The van der Waals surface area contributed by atoms with Gasteiger partial charge in [-0.2, -0.15) is 0 Å². The molecule has 0 aromatic heterocycles. The Morgan fingerprint density at radius 2 is 1.61 bits per heavy atom. The summed E-state index contributed by atoms with van der Waals surface area (Å²) in [5, 5.41) is 0. The molecule has 1 saturated heterocycles. The molecule has 23 heavy (non-hydrogen) atoms. The van der Waals surface area contributed by atoms with Crippen LogP contribution in [0.4, 0.5) is 4.39 Å². The highest BCUT2D eigenvalue weighted by atomic mass is 19.1. The molecule has 0 aliphatic carbocycles. The van der Waals surface area contributed by atoms with Crippen molar-refractivity contribution in [2.75, 3.05) is 13.1 Å². The summed E-state index contributed by atoms with van der Waals surface area (Å²) in [6, 6.07) is 4.28. The van der Waals surface area contributed by atoms with E-state index in [1.54, 1.807) is 11.0 Å². The molecule has 0 spiro atoms. The van der Waals surface area contributed by atoms with E-state index in [1.165, 1.54) is 12.1 Å². The maximum atomic E-state index is 14.0. The Balaban J connectivity index is 2.34. The third kappa shape index (κ3) is 3.43. The van der Waals surface area contributed by atoms with E-state index in [-0.39, 0.29) is 5.91 Å². The number of amides is 1. The number of halogens is 1. The van der Waals surface area contributed by atoms with Crippen LogP contribution in [0.25, 0.3) is 0 Å². The van der Waals surface area contributed by atoms with E-state index in [0.717, 1.165) is 0 Å². The number of carbonyl (C=O) groups is 1. The van der Waals surface area contributed by atoms with Gasteiger partial charge >= 0.3 is 7.12 Å². The van der Waals surface area contributed by atoms with Crippen molar-refractivity contribution >= 4 is 18.5 Å². The number of rotatable bonds is 4. The van der Waals surface area contributed by atoms with Gasteiger partial charge in [0.1, 0.15) is 5.82 Å². The SMILES string of the molecule is CCN(CC)C(=O)c1cc(F)cc(B2OC(C)(C)C(C)(C)O2)c1. The highest BCUT2D eigenvalue weighted by molar-refractivity contribution is 6.62. The molecule has 6 heteroatoms. The molecule has 4 nitrogen and oxygen atoms in total. The van der Waals surface area contributed by atoms with Gasteiger partial charge in [0, 0.05) is 18.7 Å². The zero-order valence-electron chi connectivity index (χ0n) is 14.8. The summed E-state index contributed by atoms with van der Waals surface area (Å²) in [4.78, 5) is 14.1. The molecule has 1 amide bonds. The van der Waals surface area contributed by atoms with Crippen molar-refractivity contribution in [2.24, 2.45) is 0 Å². The number of hydrogen-bond acceptors (Lipinski definition) is 3. The molecule has 1 aliphatic rings. The van der Waals surface area contributed by atoms with E-state index in [1.807, 2.05) is 41.5 Å². The maximum Gasteiger partial charge on any atom is 0.494 e. The lowest BCUT2D eigenvalue weighted by Gasteiger charge is -2.32. The predicted molar refractivity (Wildman–Crippen MR) is 89.4 cm³/mol. The lowest BCUT2D eigenvalue weighted by atomic mass is 9.78. The minimum atomic E-state index is -0.682. The first-order chi connectivity index (χ1) is 10.6. The summed E-state index contributed by atoms with van der Waals surface area (Å²) < 4.78 is 25.9. The van der Waals surface area contributed by atoms with Gasteiger partial charge in [-0.15, -0.1) is 0 Å². The molecular formula is C17H25BFNO3. The van der Waals surface area contributed by atoms with Crippen LogP contribution in [0.5, 0.6) is 0 Å². The van der Waals surface area contributed by atoms with E-state index in [0.29, 0.717) is 24.1 Å². The van der Waals surface area contributed by atoms with Crippen molar-refractivity contribution in [3.8, 4) is 0 Å². The maximum absolute atomic E-state index is 14.0. The van der Waals surface area contributed by atoms with E-state index < -0.39 is 24.1 Å². The summed E-state index contributed by atoms with van der Waals surface area (Å²) >= 11 is 0. The van der Waals surface area contributed by atoms with Crippen LogP contribution in [0, 0.1) is 5.82 Å². The third-order valence-electron chi connectivity index (χ3n) is 4.74. The van der Waals surface area contributed by atoms with E-state index >= 15 is 0 Å². The topological polar surface area (TPSA) is 38.8 Å². The molecular weight excluding hydrogens is 296 g/mol. The lowest BCUT2D eigenvalue weighted by molar-refractivity contribution is 0.00578. The quantitative estimate of drug-likeness (QED) is 0.800. The molecule has 126 valence electrons. The second-order valence-electron chi connectivity index (χ2n) is 6.84. The molecule has 1 fully saturated rings. The van der Waals surface area contributed by atoms with Gasteiger partial charge in [-0.3, -0.25) is 4.79 Å². The van der Waals surface area contributed by atoms with Crippen LogP contribution in [0.3, 0.4) is 0 Å². The first-order valence-electron chi connectivity index (χ1n) is 8.06. The van der Waals surface area contributed by atoms with Gasteiger partial charge in [0.05, 0.1) is 11.2 Å². The molecule has 0 radical (unpaired) electrons. The molecule has 2 rings (SSSR count). The van der Waals surface area contributed by atoms with E-state index in [4.69, 9.17) is 9.31 Å². The average molecular weight is 321 g/mol. The third-order valence-corrected chi connectivity index (χ3v) is 4.74. The van der Waals surface area contributed by atoms with Crippen LogP contribution in [0.2, 0.25) is 0 Å². The van der Waals surface area contributed by atoms with Crippen LogP contribution >= 0.6 is 0 Å². The first kappa shape index (κ1) is 18.0. The van der Waals surface area contributed by atoms with Crippen molar-refractivity contribution < 1.29 is 18.5 Å². The minimum absolute atomic E-state index is 0.188. The number of benzene rings is 1. The fraction of sp³-hybridized carbons (Fsp3) is 0.588. The lowest BCUT2D eigenvalue weighted by Crippen LogP contribution is -2.41. The Morgan fingerprint density at radius 3 is 2.09 bits per heavy atom. The zero-order chi connectivity index (χ0) is 17.4. The zero-order valence-corrected chi connectivity index (χ0v) is 14.8. The Hall–Kier alpha value is -1.40. The van der Waals surface area contributed by atoms with Crippen LogP contribution in [-0.4, -0.2) is 42.2 Å². The highest BCUT2D eigenvalue weighted by Crippen LogP contribution is 2.36. The van der Waals surface area contributed by atoms with Crippen molar-refractivity contribution in [3.05, 3.63) is 29.6 Å². The summed E-state index contributed by atoms with van der Waals surface area (Å²) in [6.45, 7) is 12.7. The van der Waals surface area contributed by atoms with Crippen LogP contribution in [0.1, 0.15) is 51.9 Å². The molecule has 1 aromatic carbocycles. The summed E-state index contributed by atoms with van der Waals surface area (Å²) in [7, 11) is -0.682. The van der Waals surface area contributed by atoms with Gasteiger partial charge in [-0.1, -0.05) is 0 Å². The summed E-state index contributed by atoms with van der Waals surface area (Å²) in [6.07, 6.45) is 0. The largest absolute Gasteiger partial charge is 0.494 e. The van der Waals surface area contributed by atoms with Crippen LogP contribution in [0.15, 0.2) is 18.2 Å². The van der Waals surface area contributed by atoms with E-state index in [2.05, 4.69) is 0 Å². The molecule has 0 unspecified atom stereocenters. The Kier molecular flexibility index (Phi) is 4.88. The molecule has 0 atom stereocenters. The van der Waals surface area contributed by atoms with Gasteiger partial charge in [0.15, 0.2) is 0 Å². The molecule has 1 aliphatic heterocycles. The van der Waals surface area contributed by atoms with E-state index in [9.17, 15) is 9.18 Å².